The lowest BCUT2D eigenvalue weighted by molar-refractivity contribution is 0.0602. The van der Waals surface area contributed by atoms with Crippen LogP contribution in [0.5, 0.6) is 0 Å². The summed E-state index contributed by atoms with van der Waals surface area (Å²) in [6.45, 7) is 0. The second-order valence-corrected chi connectivity index (χ2v) is 8.50. The third-order valence-corrected chi connectivity index (χ3v) is 6.05. The first-order valence-corrected chi connectivity index (χ1v) is 11.0. The Morgan fingerprint density at radius 1 is 0.806 bits per heavy atom. The van der Waals surface area contributed by atoms with Crippen molar-refractivity contribution >= 4 is 63.3 Å². The molecule has 3 aromatic carbocycles. The Morgan fingerprint density at radius 2 is 1.42 bits per heavy atom. The highest BCUT2D eigenvalue weighted by Crippen LogP contribution is 2.34. The van der Waals surface area contributed by atoms with Crippen LogP contribution in [-0.4, -0.2) is 13.1 Å². The molecule has 0 unspecified atom stereocenters. The molecule has 7 heteroatoms. The molecular weight excluding hydrogens is 451 g/mol. The number of nitrogens with one attached hydrogen (secondary N) is 2. The largest absolute Gasteiger partial charge is 0.465 e. The highest BCUT2D eigenvalue weighted by atomic mass is 35.5. The molecule has 0 fully saturated rings. The summed E-state index contributed by atoms with van der Waals surface area (Å²) >= 11 is 13.5. The Morgan fingerprint density at radius 3 is 2.03 bits per heavy atom. The van der Waals surface area contributed by atoms with Gasteiger partial charge in [-0.25, -0.2) is 4.79 Å². The average Bonchev–Trinajstić information content (AvgIpc) is 3.25. The van der Waals surface area contributed by atoms with Crippen molar-refractivity contribution in [3.8, 4) is 10.4 Å². The number of carbonyl (C=O) groups excluding carboxylic acids is 1. The minimum Gasteiger partial charge on any atom is -0.465 e. The van der Waals surface area contributed by atoms with E-state index in [-0.39, 0.29) is 0 Å². The van der Waals surface area contributed by atoms with Crippen molar-refractivity contribution in [3.63, 3.8) is 0 Å². The van der Waals surface area contributed by atoms with E-state index in [0.717, 1.165) is 27.5 Å². The number of rotatable bonds is 6. The van der Waals surface area contributed by atoms with E-state index in [9.17, 15) is 4.79 Å². The molecule has 0 aliphatic heterocycles. The molecule has 0 bridgehead atoms. The zero-order valence-electron chi connectivity index (χ0n) is 16.5. The van der Waals surface area contributed by atoms with Crippen LogP contribution in [0, 0.1) is 0 Å². The van der Waals surface area contributed by atoms with Crippen LogP contribution in [0.3, 0.4) is 0 Å². The van der Waals surface area contributed by atoms with Gasteiger partial charge in [0.25, 0.3) is 0 Å². The number of halogens is 2. The fourth-order valence-electron chi connectivity index (χ4n) is 3.03. The van der Waals surface area contributed by atoms with E-state index >= 15 is 0 Å². The van der Waals surface area contributed by atoms with Crippen LogP contribution in [0.25, 0.3) is 10.4 Å². The Labute approximate surface area is 194 Å². The highest BCUT2D eigenvalue weighted by Gasteiger charge is 2.15. The summed E-state index contributed by atoms with van der Waals surface area (Å²) in [6, 6.07) is 22.5. The number of ether oxygens (including phenoxy) is 1. The minimum absolute atomic E-state index is 0.408. The van der Waals surface area contributed by atoms with Gasteiger partial charge >= 0.3 is 5.97 Å². The third kappa shape index (κ3) is 5.20. The van der Waals surface area contributed by atoms with E-state index in [1.165, 1.54) is 7.11 Å². The summed E-state index contributed by atoms with van der Waals surface area (Å²) in [4.78, 5) is 13.5. The number of carbonyl (C=O) groups is 1. The number of methoxy groups -OCH3 is 1. The maximum absolute atomic E-state index is 12.4. The van der Waals surface area contributed by atoms with Crippen molar-refractivity contribution in [1.29, 1.82) is 0 Å². The van der Waals surface area contributed by atoms with Gasteiger partial charge in [-0.05, 0) is 72.3 Å². The standard InChI is InChI=1S/C24H18Cl2N2O2S/c1-30-24(29)21-12-15(2-11-22(21)28-19-9-5-17(26)6-10-19)23-13-20(14-31-23)27-18-7-3-16(25)4-8-18/h2-14,27-28H,1H3. The number of esters is 1. The Hall–Kier alpha value is -2.99. The van der Waals surface area contributed by atoms with E-state index in [2.05, 4.69) is 10.6 Å². The average molecular weight is 469 g/mol. The van der Waals surface area contributed by atoms with Crippen LogP contribution >= 0.6 is 34.5 Å². The number of hydrogen-bond donors (Lipinski definition) is 2. The molecule has 4 rings (SSSR count). The summed E-state index contributed by atoms with van der Waals surface area (Å²) in [5.41, 5.74) is 4.78. The number of benzene rings is 3. The Bertz CT molecular complexity index is 1210. The molecule has 31 heavy (non-hydrogen) atoms. The second-order valence-electron chi connectivity index (χ2n) is 6.72. The SMILES string of the molecule is COC(=O)c1cc(-c2cc(Nc3ccc(Cl)cc3)cs2)ccc1Nc1ccc(Cl)cc1. The Kier molecular flexibility index (Phi) is 6.47. The van der Waals surface area contributed by atoms with Gasteiger partial charge in [0.1, 0.15) is 0 Å². The number of hydrogen-bond acceptors (Lipinski definition) is 5. The lowest BCUT2D eigenvalue weighted by Gasteiger charge is -2.12. The van der Waals surface area contributed by atoms with Gasteiger partial charge in [0.15, 0.2) is 0 Å². The van der Waals surface area contributed by atoms with Crippen molar-refractivity contribution in [2.75, 3.05) is 17.7 Å². The van der Waals surface area contributed by atoms with Crippen LogP contribution in [0.2, 0.25) is 10.0 Å². The number of anilines is 4. The molecule has 0 saturated heterocycles. The molecule has 156 valence electrons. The highest BCUT2D eigenvalue weighted by molar-refractivity contribution is 7.14. The maximum Gasteiger partial charge on any atom is 0.339 e. The molecule has 0 aliphatic rings. The Balaban J connectivity index is 1.60. The van der Waals surface area contributed by atoms with Crippen molar-refractivity contribution in [1.82, 2.24) is 0 Å². The molecule has 0 atom stereocenters. The maximum atomic E-state index is 12.4. The third-order valence-electron chi connectivity index (χ3n) is 4.56. The van der Waals surface area contributed by atoms with Crippen molar-refractivity contribution in [3.05, 3.63) is 93.8 Å². The van der Waals surface area contributed by atoms with E-state index in [4.69, 9.17) is 27.9 Å². The molecule has 0 amide bonds. The summed E-state index contributed by atoms with van der Waals surface area (Å²) < 4.78 is 5.00. The summed E-state index contributed by atoms with van der Waals surface area (Å²) in [6.07, 6.45) is 0. The van der Waals surface area contributed by atoms with Gasteiger partial charge in [0.2, 0.25) is 0 Å². The summed E-state index contributed by atoms with van der Waals surface area (Å²) in [7, 11) is 1.38. The van der Waals surface area contributed by atoms with E-state index in [1.807, 2.05) is 66.0 Å². The first-order chi connectivity index (χ1) is 15.0. The number of thiophene rings is 1. The lowest BCUT2D eigenvalue weighted by Crippen LogP contribution is -2.06. The van der Waals surface area contributed by atoms with Gasteiger partial charge in [-0.2, -0.15) is 0 Å². The quantitative estimate of drug-likeness (QED) is 0.281. The van der Waals surface area contributed by atoms with E-state index in [0.29, 0.717) is 21.3 Å². The van der Waals surface area contributed by atoms with Crippen molar-refractivity contribution in [2.45, 2.75) is 0 Å². The molecule has 4 aromatic rings. The molecule has 0 aliphatic carbocycles. The molecule has 4 nitrogen and oxygen atoms in total. The van der Waals surface area contributed by atoms with Gasteiger partial charge in [0.05, 0.1) is 18.4 Å². The minimum atomic E-state index is -0.408. The first-order valence-electron chi connectivity index (χ1n) is 9.38. The molecule has 1 aromatic heterocycles. The molecule has 1 heterocycles. The van der Waals surface area contributed by atoms with E-state index < -0.39 is 5.97 Å². The van der Waals surface area contributed by atoms with Gasteiger partial charge in [0, 0.05) is 37.4 Å². The van der Waals surface area contributed by atoms with Crippen molar-refractivity contribution < 1.29 is 9.53 Å². The fraction of sp³-hybridized carbons (Fsp3) is 0.0417. The first kappa shape index (κ1) is 21.2. The molecular formula is C24H18Cl2N2O2S. The second kappa shape index (κ2) is 9.43. The van der Waals surface area contributed by atoms with Gasteiger partial charge in [-0.1, -0.05) is 29.3 Å². The van der Waals surface area contributed by atoms with Gasteiger partial charge < -0.3 is 15.4 Å². The van der Waals surface area contributed by atoms with Crippen LogP contribution in [0.4, 0.5) is 22.7 Å². The van der Waals surface area contributed by atoms with Crippen LogP contribution in [-0.2, 0) is 4.74 Å². The topological polar surface area (TPSA) is 50.4 Å². The zero-order chi connectivity index (χ0) is 21.8. The van der Waals surface area contributed by atoms with E-state index in [1.54, 1.807) is 23.5 Å². The van der Waals surface area contributed by atoms with Gasteiger partial charge in [-0.15, -0.1) is 11.3 Å². The molecule has 2 N–H and O–H groups in total. The molecule has 0 radical (unpaired) electrons. The van der Waals surface area contributed by atoms with Crippen LogP contribution in [0.1, 0.15) is 10.4 Å². The predicted molar refractivity (Wildman–Crippen MR) is 131 cm³/mol. The summed E-state index contributed by atoms with van der Waals surface area (Å²) in [5, 5.41) is 9.98. The normalized spacial score (nSPS) is 10.5. The fourth-order valence-corrected chi connectivity index (χ4v) is 4.12. The van der Waals surface area contributed by atoms with Crippen molar-refractivity contribution in [2.24, 2.45) is 0 Å². The van der Waals surface area contributed by atoms with Crippen LogP contribution in [0.15, 0.2) is 78.2 Å². The monoisotopic (exact) mass is 468 g/mol. The predicted octanol–water partition coefficient (Wildman–Crippen LogP) is 8.00. The lowest BCUT2D eigenvalue weighted by atomic mass is 10.1. The van der Waals surface area contributed by atoms with Crippen LogP contribution < -0.4 is 10.6 Å². The smallest absolute Gasteiger partial charge is 0.339 e. The molecule has 0 saturated carbocycles. The summed E-state index contributed by atoms with van der Waals surface area (Å²) in [5.74, 6) is -0.408. The molecule has 0 spiro atoms. The van der Waals surface area contributed by atoms with Gasteiger partial charge in [-0.3, -0.25) is 0 Å². The zero-order valence-corrected chi connectivity index (χ0v) is 18.8.